The maximum Gasteiger partial charge on any atom is 0.472 e. The molecular formula is C20H21N5O6PS+. The largest absolute Gasteiger partial charge is 0.472 e. The molecule has 13 heteroatoms. The first kappa shape index (κ1) is 23.0. The van der Waals surface area contributed by atoms with E-state index in [1.807, 2.05) is 18.4 Å². The lowest BCUT2D eigenvalue weighted by molar-refractivity contribution is -0.711. The van der Waals surface area contributed by atoms with Crippen LogP contribution >= 0.6 is 19.2 Å². The van der Waals surface area contributed by atoms with Gasteiger partial charge in [0.15, 0.2) is 5.76 Å². The van der Waals surface area contributed by atoms with Crippen LogP contribution in [0.25, 0.3) is 11.3 Å². The van der Waals surface area contributed by atoms with Gasteiger partial charge >= 0.3 is 7.82 Å². The molecule has 0 unspecified atom stereocenters. The van der Waals surface area contributed by atoms with Gasteiger partial charge in [0.1, 0.15) is 17.2 Å². The fourth-order valence-electron chi connectivity index (χ4n) is 2.96. The Morgan fingerprint density at radius 2 is 2.15 bits per heavy atom. The number of pyridine rings is 2. The van der Waals surface area contributed by atoms with E-state index in [0.29, 0.717) is 35.9 Å². The molecule has 11 nitrogen and oxygen atoms in total. The number of hydrogen-bond donors (Lipinski definition) is 3. The summed E-state index contributed by atoms with van der Waals surface area (Å²) in [6, 6.07) is 8.80. The predicted molar refractivity (Wildman–Crippen MR) is 118 cm³/mol. The number of aryl methyl sites for hydroxylation is 1. The van der Waals surface area contributed by atoms with Gasteiger partial charge in [0.25, 0.3) is 5.82 Å². The molecule has 0 aliphatic heterocycles. The zero-order valence-electron chi connectivity index (χ0n) is 17.5. The molecule has 0 radical (unpaired) electrons. The van der Waals surface area contributed by atoms with E-state index in [4.69, 9.17) is 24.8 Å². The molecule has 0 aliphatic carbocycles. The number of phosphoric acid groups is 1. The molecule has 0 aromatic carbocycles. The first-order valence-corrected chi connectivity index (χ1v) is 12.1. The van der Waals surface area contributed by atoms with Gasteiger partial charge < -0.3 is 19.0 Å². The second-order valence-corrected chi connectivity index (χ2v) is 9.24. The van der Waals surface area contributed by atoms with Crippen LogP contribution in [-0.4, -0.2) is 24.9 Å². The van der Waals surface area contributed by atoms with Gasteiger partial charge in [-0.25, -0.2) is 23.6 Å². The quantitative estimate of drug-likeness (QED) is 0.235. The van der Waals surface area contributed by atoms with Crippen LogP contribution in [0, 0.1) is 6.92 Å². The van der Waals surface area contributed by atoms with Crippen molar-refractivity contribution in [2.75, 3.05) is 5.73 Å². The van der Waals surface area contributed by atoms with E-state index in [1.165, 1.54) is 10.8 Å². The Hall–Kier alpha value is -3.15. The molecule has 0 bridgehead atoms. The SMILES string of the molecule is Cc1csc(COc2ccc(Cc3cc(-c4ccc[n+](COP(=O)(O)O)c4N)on3)cn2)n1. The number of nitrogens with zero attached hydrogens (tertiary/aromatic N) is 4. The Bertz CT molecular complexity index is 1290. The van der Waals surface area contributed by atoms with Crippen molar-refractivity contribution in [1.82, 2.24) is 15.1 Å². The van der Waals surface area contributed by atoms with Gasteiger partial charge in [0.2, 0.25) is 12.6 Å². The first-order chi connectivity index (χ1) is 15.8. The lowest BCUT2D eigenvalue weighted by Crippen LogP contribution is -2.38. The topological polar surface area (TPSA) is 158 Å². The van der Waals surface area contributed by atoms with Crippen LogP contribution in [0.4, 0.5) is 5.82 Å². The Kier molecular flexibility index (Phi) is 6.82. The van der Waals surface area contributed by atoms with Crippen molar-refractivity contribution in [2.45, 2.75) is 26.7 Å². The van der Waals surface area contributed by atoms with Crippen LogP contribution in [0.5, 0.6) is 5.88 Å². The van der Waals surface area contributed by atoms with E-state index in [1.54, 1.807) is 41.8 Å². The molecule has 0 atom stereocenters. The summed E-state index contributed by atoms with van der Waals surface area (Å²) in [5.74, 6) is 1.14. The fraction of sp³-hybridized carbons (Fsp3) is 0.200. The molecule has 4 aromatic heterocycles. The lowest BCUT2D eigenvalue weighted by atomic mass is 10.1. The van der Waals surface area contributed by atoms with Gasteiger partial charge in [-0.3, -0.25) is 5.73 Å². The number of aromatic nitrogens is 4. The highest BCUT2D eigenvalue weighted by Gasteiger charge is 2.20. The second kappa shape index (κ2) is 9.77. The molecule has 4 aromatic rings. The van der Waals surface area contributed by atoms with Crippen molar-refractivity contribution in [3.63, 3.8) is 0 Å². The Morgan fingerprint density at radius 1 is 1.30 bits per heavy atom. The number of ether oxygens (including phenoxy) is 1. The molecule has 4 heterocycles. The third kappa shape index (κ3) is 6.21. The van der Waals surface area contributed by atoms with E-state index in [-0.39, 0.29) is 5.82 Å². The van der Waals surface area contributed by atoms with Gasteiger partial charge in [-0.2, -0.15) is 0 Å². The minimum absolute atomic E-state index is 0.215. The number of phosphoric ester groups is 1. The van der Waals surface area contributed by atoms with Crippen LogP contribution in [0.15, 0.2) is 52.6 Å². The molecule has 0 spiro atoms. The minimum atomic E-state index is -4.63. The number of thiazole rings is 1. The maximum absolute atomic E-state index is 10.9. The zero-order valence-corrected chi connectivity index (χ0v) is 19.2. The number of nitrogen functional groups attached to an aromatic ring is 1. The van der Waals surface area contributed by atoms with E-state index in [0.717, 1.165) is 16.3 Å². The predicted octanol–water partition coefficient (Wildman–Crippen LogP) is 2.61. The van der Waals surface area contributed by atoms with Gasteiger partial charge in [0.05, 0.1) is 11.9 Å². The van der Waals surface area contributed by atoms with Crippen molar-refractivity contribution < 1.29 is 32.7 Å². The Labute approximate surface area is 192 Å². The Balaban J connectivity index is 1.40. The standard InChI is InChI=1S/C20H20N5O6PS/c1-13-11-33-19(23-13)10-29-18-5-4-14(9-22-18)7-15-8-17(31-24-15)16-3-2-6-25(20(16)21)12-30-32(26,27)28/h2-6,8-9,11,21H,7,10,12H2,1H3,(H2,26,27,28)/p+1. The third-order valence-electron chi connectivity index (χ3n) is 4.50. The summed E-state index contributed by atoms with van der Waals surface area (Å²) in [6.07, 6.45) is 3.73. The minimum Gasteiger partial charge on any atom is -0.470 e. The van der Waals surface area contributed by atoms with Gasteiger partial charge in [-0.1, -0.05) is 11.2 Å². The normalized spacial score (nSPS) is 11.6. The molecule has 0 saturated carbocycles. The second-order valence-electron chi connectivity index (χ2n) is 7.06. The van der Waals surface area contributed by atoms with Crippen LogP contribution in [0.1, 0.15) is 22.0 Å². The fourth-order valence-corrected chi connectivity index (χ4v) is 3.92. The lowest BCUT2D eigenvalue weighted by Gasteiger charge is -2.07. The summed E-state index contributed by atoms with van der Waals surface area (Å²) < 4.78 is 27.9. The van der Waals surface area contributed by atoms with E-state index in [9.17, 15) is 4.57 Å². The van der Waals surface area contributed by atoms with E-state index >= 15 is 0 Å². The van der Waals surface area contributed by atoms with Gasteiger partial charge in [-0.15, -0.1) is 11.3 Å². The summed E-state index contributed by atoms with van der Waals surface area (Å²) in [6.45, 7) is 1.90. The number of hydrogen-bond acceptors (Lipinski definition) is 9. The molecule has 172 valence electrons. The molecule has 0 saturated heterocycles. The maximum atomic E-state index is 10.9. The highest BCUT2D eigenvalue weighted by Crippen LogP contribution is 2.35. The van der Waals surface area contributed by atoms with Crippen molar-refractivity contribution in [1.29, 1.82) is 0 Å². The number of anilines is 1. The average Bonchev–Trinajstić information content (AvgIpc) is 3.41. The van der Waals surface area contributed by atoms with Crippen molar-refractivity contribution >= 4 is 25.0 Å². The van der Waals surface area contributed by atoms with Crippen LogP contribution in [0.2, 0.25) is 0 Å². The van der Waals surface area contributed by atoms with Crippen molar-refractivity contribution in [3.05, 3.63) is 70.1 Å². The molecule has 0 amide bonds. The zero-order chi connectivity index (χ0) is 23.4. The van der Waals surface area contributed by atoms with Crippen molar-refractivity contribution in [2.24, 2.45) is 0 Å². The molecule has 4 rings (SSSR count). The summed E-state index contributed by atoms with van der Waals surface area (Å²) in [5.41, 5.74) is 9.18. The summed E-state index contributed by atoms with van der Waals surface area (Å²) in [4.78, 5) is 26.5. The Morgan fingerprint density at radius 3 is 2.85 bits per heavy atom. The molecule has 0 aliphatic rings. The van der Waals surface area contributed by atoms with E-state index < -0.39 is 14.6 Å². The number of rotatable bonds is 9. The van der Waals surface area contributed by atoms with Crippen LogP contribution in [0.3, 0.4) is 0 Å². The third-order valence-corrected chi connectivity index (χ3v) is 5.89. The summed E-state index contributed by atoms with van der Waals surface area (Å²) in [5, 5.41) is 6.95. The highest BCUT2D eigenvalue weighted by molar-refractivity contribution is 7.46. The monoisotopic (exact) mass is 490 g/mol. The first-order valence-electron chi connectivity index (χ1n) is 9.69. The van der Waals surface area contributed by atoms with Crippen LogP contribution in [-0.2, 0) is 28.8 Å². The van der Waals surface area contributed by atoms with Crippen molar-refractivity contribution in [3.8, 4) is 17.2 Å². The highest BCUT2D eigenvalue weighted by atomic mass is 32.1. The molecular weight excluding hydrogens is 469 g/mol. The smallest absolute Gasteiger partial charge is 0.470 e. The molecule has 4 N–H and O–H groups in total. The average molecular weight is 490 g/mol. The molecule has 33 heavy (non-hydrogen) atoms. The van der Waals surface area contributed by atoms with Gasteiger partial charge in [0, 0.05) is 35.8 Å². The van der Waals surface area contributed by atoms with Crippen LogP contribution < -0.4 is 15.0 Å². The van der Waals surface area contributed by atoms with E-state index in [2.05, 4.69) is 19.6 Å². The molecule has 0 fully saturated rings. The summed E-state index contributed by atoms with van der Waals surface area (Å²) >= 11 is 1.54. The summed E-state index contributed by atoms with van der Waals surface area (Å²) in [7, 11) is -4.63. The van der Waals surface area contributed by atoms with Gasteiger partial charge in [-0.05, 0) is 24.6 Å². The number of nitrogens with two attached hydrogens (primary N) is 1.